The molecule has 0 atom stereocenters. The third-order valence-corrected chi connectivity index (χ3v) is 3.86. The molecule has 147 valence electrons. The summed E-state index contributed by atoms with van der Waals surface area (Å²) in [6.45, 7) is 0.658. The average molecular weight is 397 g/mol. The number of aryl methyl sites for hydroxylation is 1. The van der Waals surface area contributed by atoms with Gasteiger partial charge in [0.25, 0.3) is 0 Å². The molecule has 9 heteroatoms. The van der Waals surface area contributed by atoms with E-state index in [-0.39, 0.29) is 11.1 Å². The minimum absolute atomic E-state index is 0.187. The van der Waals surface area contributed by atoms with Gasteiger partial charge in [-0.25, -0.2) is 8.78 Å². The largest absolute Gasteiger partial charge is 0.435 e. The van der Waals surface area contributed by atoms with Gasteiger partial charge in [0.05, 0.1) is 6.61 Å². The van der Waals surface area contributed by atoms with Crippen molar-refractivity contribution in [3.8, 4) is 11.1 Å². The molecular weight excluding hydrogens is 384 g/mol. The van der Waals surface area contributed by atoms with Crippen molar-refractivity contribution in [1.29, 1.82) is 0 Å². The molecular formula is C18H13F8O. The van der Waals surface area contributed by atoms with Crippen LogP contribution in [-0.4, -0.2) is 19.5 Å². The van der Waals surface area contributed by atoms with Crippen molar-refractivity contribution in [3.05, 3.63) is 58.9 Å². The Balaban J connectivity index is 3.01. The summed E-state index contributed by atoms with van der Waals surface area (Å²) in [5.74, 6) is -1.11. The predicted molar refractivity (Wildman–Crippen MR) is 81.0 cm³/mol. The maximum absolute atomic E-state index is 14.8. The maximum Gasteiger partial charge on any atom is 0.435 e. The summed E-state index contributed by atoms with van der Waals surface area (Å²) < 4.78 is 114. The lowest BCUT2D eigenvalue weighted by atomic mass is 9.83. The maximum atomic E-state index is 14.8. The van der Waals surface area contributed by atoms with Gasteiger partial charge in [-0.15, -0.1) is 0 Å². The molecule has 0 fully saturated rings. The van der Waals surface area contributed by atoms with Crippen LogP contribution in [0.2, 0.25) is 0 Å². The van der Waals surface area contributed by atoms with Crippen molar-refractivity contribution in [2.75, 3.05) is 7.11 Å². The van der Waals surface area contributed by atoms with Crippen LogP contribution in [0.1, 0.15) is 16.7 Å². The van der Waals surface area contributed by atoms with Crippen LogP contribution in [-0.2, 0) is 17.0 Å². The third-order valence-electron chi connectivity index (χ3n) is 3.86. The lowest BCUT2D eigenvalue weighted by Crippen LogP contribution is -2.50. The van der Waals surface area contributed by atoms with Gasteiger partial charge in [0.15, 0.2) is 0 Å². The molecule has 2 rings (SSSR count). The van der Waals surface area contributed by atoms with Gasteiger partial charge in [0.1, 0.15) is 5.82 Å². The van der Waals surface area contributed by atoms with E-state index in [2.05, 4.69) is 6.07 Å². The number of halogens is 8. The first kappa shape index (κ1) is 21.1. The van der Waals surface area contributed by atoms with Crippen LogP contribution in [0.5, 0.6) is 0 Å². The second-order valence-electron chi connectivity index (χ2n) is 5.79. The molecule has 0 N–H and O–H groups in total. The third kappa shape index (κ3) is 3.65. The van der Waals surface area contributed by atoms with Crippen molar-refractivity contribution < 1.29 is 39.9 Å². The van der Waals surface area contributed by atoms with E-state index < -0.39 is 47.1 Å². The number of hydrogen-bond acceptors (Lipinski definition) is 1. The Morgan fingerprint density at radius 1 is 0.963 bits per heavy atom. The summed E-state index contributed by atoms with van der Waals surface area (Å²) in [7, 11) is 1.14. The molecule has 0 saturated heterocycles. The Kier molecular flexibility index (Phi) is 5.56. The van der Waals surface area contributed by atoms with E-state index in [0.717, 1.165) is 26.2 Å². The average Bonchev–Trinajstić information content (AvgIpc) is 2.53. The Morgan fingerprint density at radius 2 is 1.52 bits per heavy atom. The lowest BCUT2D eigenvalue weighted by Gasteiger charge is -2.33. The Bertz CT molecular complexity index is 809. The summed E-state index contributed by atoms with van der Waals surface area (Å²) in [6.07, 6.45) is -12.7. The smallest absolute Gasteiger partial charge is 0.380 e. The van der Waals surface area contributed by atoms with E-state index in [1.165, 1.54) is 12.1 Å². The Morgan fingerprint density at radius 3 is 2.00 bits per heavy atom. The number of ether oxygens (including phenoxy) is 1. The summed E-state index contributed by atoms with van der Waals surface area (Å²) >= 11 is 0. The Hall–Kier alpha value is -2.16. The number of hydrogen-bond donors (Lipinski definition) is 0. The molecule has 0 bridgehead atoms. The zero-order valence-electron chi connectivity index (χ0n) is 14.0. The van der Waals surface area contributed by atoms with Gasteiger partial charge < -0.3 is 4.74 Å². The number of methoxy groups -OCH3 is 1. The Labute approximate surface area is 149 Å². The number of alkyl halides is 7. The highest BCUT2D eigenvalue weighted by Crippen LogP contribution is 2.56. The van der Waals surface area contributed by atoms with Crippen LogP contribution < -0.4 is 0 Å². The number of benzene rings is 2. The molecule has 0 saturated carbocycles. The molecule has 2 aromatic rings. The fourth-order valence-electron chi connectivity index (χ4n) is 2.75. The minimum atomic E-state index is -6.33. The highest BCUT2D eigenvalue weighted by Gasteiger charge is 2.74. The fourth-order valence-corrected chi connectivity index (χ4v) is 2.75. The van der Waals surface area contributed by atoms with E-state index in [4.69, 9.17) is 4.74 Å². The van der Waals surface area contributed by atoms with Crippen LogP contribution in [0.15, 0.2) is 30.3 Å². The topological polar surface area (TPSA) is 9.23 Å². The molecule has 1 radical (unpaired) electrons. The summed E-state index contributed by atoms with van der Waals surface area (Å²) in [5, 5.41) is 0. The van der Waals surface area contributed by atoms with Crippen molar-refractivity contribution in [2.45, 2.75) is 31.6 Å². The highest BCUT2D eigenvalue weighted by atomic mass is 19.4. The monoisotopic (exact) mass is 397 g/mol. The molecule has 0 spiro atoms. The van der Waals surface area contributed by atoms with E-state index in [1.807, 2.05) is 0 Å². The molecule has 1 nitrogen and oxygen atoms in total. The van der Waals surface area contributed by atoms with Gasteiger partial charge >= 0.3 is 18.0 Å². The molecule has 0 aliphatic rings. The second-order valence-corrected chi connectivity index (χ2v) is 5.79. The molecule has 2 aromatic carbocycles. The molecule has 27 heavy (non-hydrogen) atoms. The van der Waals surface area contributed by atoms with Crippen LogP contribution in [0, 0.1) is 18.8 Å². The van der Waals surface area contributed by atoms with E-state index in [9.17, 15) is 35.1 Å². The van der Waals surface area contributed by atoms with Gasteiger partial charge in [-0.2, -0.15) is 26.3 Å². The molecule has 0 aliphatic carbocycles. The lowest BCUT2D eigenvalue weighted by molar-refractivity contribution is -0.348. The van der Waals surface area contributed by atoms with Crippen LogP contribution in [0.4, 0.5) is 35.1 Å². The van der Waals surface area contributed by atoms with Crippen LogP contribution in [0.3, 0.4) is 0 Å². The molecule has 0 heterocycles. The van der Waals surface area contributed by atoms with Crippen molar-refractivity contribution in [1.82, 2.24) is 0 Å². The van der Waals surface area contributed by atoms with Crippen LogP contribution >= 0.6 is 0 Å². The van der Waals surface area contributed by atoms with Gasteiger partial charge in [-0.3, -0.25) is 0 Å². The molecule has 0 unspecified atom stereocenters. The van der Waals surface area contributed by atoms with Crippen molar-refractivity contribution in [3.63, 3.8) is 0 Å². The summed E-state index contributed by atoms with van der Waals surface area (Å²) in [6, 6.07) is 7.11. The summed E-state index contributed by atoms with van der Waals surface area (Å²) in [4.78, 5) is 0. The first-order valence-electron chi connectivity index (χ1n) is 7.47. The fraction of sp³-hybridized carbons (Fsp3) is 0.333. The highest BCUT2D eigenvalue weighted by molar-refractivity contribution is 5.73. The van der Waals surface area contributed by atoms with Gasteiger partial charge in [0.2, 0.25) is 0 Å². The standard InChI is InChI=1S/C18H13F8O/c1-10-7-11(9-27-2)15(12-5-3-4-6-14(12)19)13(8-10)16(20,17(21,22)23)18(24,25)26/h3-6,8H,9H2,1-2H3. The second kappa shape index (κ2) is 7.10. The van der Waals surface area contributed by atoms with Crippen molar-refractivity contribution in [2.24, 2.45) is 0 Å². The van der Waals surface area contributed by atoms with Gasteiger partial charge in [0, 0.05) is 18.2 Å². The molecule has 0 aliphatic heterocycles. The molecule has 0 amide bonds. The first-order chi connectivity index (χ1) is 12.3. The minimum Gasteiger partial charge on any atom is -0.380 e. The predicted octanol–water partition coefficient (Wildman–Crippen LogP) is 6.04. The molecule has 0 aromatic heterocycles. The van der Waals surface area contributed by atoms with E-state index in [0.29, 0.717) is 6.07 Å². The first-order valence-corrected chi connectivity index (χ1v) is 7.47. The summed E-state index contributed by atoms with van der Waals surface area (Å²) in [5.41, 5.74) is -9.49. The van der Waals surface area contributed by atoms with Gasteiger partial charge in [-0.1, -0.05) is 24.3 Å². The van der Waals surface area contributed by atoms with Gasteiger partial charge in [-0.05, 0) is 35.7 Å². The van der Waals surface area contributed by atoms with E-state index in [1.54, 1.807) is 0 Å². The zero-order valence-corrected chi connectivity index (χ0v) is 14.0. The van der Waals surface area contributed by atoms with Crippen LogP contribution in [0.25, 0.3) is 11.1 Å². The SMILES string of the molecule is COCc1[c]c(C)cc(C(F)(C(F)(F)F)C(F)(F)F)c1-c1ccccc1F. The van der Waals surface area contributed by atoms with Crippen molar-refractivity contribution >= 4 is 0 Å². The number of rotatable bonds is 4. The normalized spacial score (nSPS) is 13.1. The zero-order chi connectivity index (χ0) is 20.6. The quantitative estimate of drug-likeness (QED) is 0.572. The van der Waals surface area contributed by atoms with E-state index >= 15 is 0 Å².